The normalized spacial score (nSPS) is 7.50. The predicted octanol–water partition coefficient (Wildman–Crippen LogP) is 1.47. The topological polar surface area (TPSA) is 63.8 Å². The Morgan fingerprint density at radius 3 is 1.92 bits per heavy atom. The van der Waals surface area contributed by atoms with E-state index in [1.807, 2.05) is 31.1 Å². The van der Waals surface area contributed by atoms with Crippen LogP contribution in [-0.2, 0) is 0 Å². The molecule has 0 aliphatic carbocycles. The SMILES string of the molecule is CN(C)c1ccncc1.N=C=N. The molecule has 4 nitrogen and oxygen atoms in total. The van der Waals surface area contributed by atoms with Crippen LogP contribution in [0.15, 0.2) is 24.5 Å². The number of hydrogen-bond acceptors (Lipinski definition) is 4. The van der Waals surface area contributed by atoms with Crippen molar-refractivity contribution in [2.45, 2.75) is 0 Å². The van der Waals surface area contributed by atoms with Crippen molar-refractivity contribution in [3.63, 3.8) is 0 Å². The number of pyridine rings is 1. The van der Waals surface area contributed by atoms with Crippen molar-refractivity contribution >= 4 is 11.7 Å². The molecule has 0 spiro atoms. The van der Waals surface area contributed by atoms with Crippen LogP contribution in [0.4, 0.5) is 5.69 Å². The zero-order valence-corrected chi connectivity index (χ0v) is 7.20. The lowest BCUT2D eigenvalue weighted by atomic mass is 10.4. The molecule has 0 radical (unpaired) electrons. The Balaban J connectivity index is 0.000000354. The van der Waals surface area contributed by atoms with Crippen LogP contribution in [0.3, 0.4) is 0 Å². The van der Waals surface area contributed by atoms with Gasteiger partial charge in [-0.2, -0.15) is 0 Å². The predicted molar refractivity (Wildman–Crippen MR) is 49.0 cm³/mol. The number of hydrogen-bond donors (Lipinski definition) is 2. The minimum absolute atomic E-state index is 1.19. The van der Waals surface area contributed by atoms with Gasteiger partial charge in [-0.1, -0.05) is 0 Å². The third kappa shape index (κ3) is 4.19. The summed E-state index contributed by atoms with van der Waals surface area (Å²) >= 11 is 0. The summed E-state index contributed by atoms with van der Waals surface area (Å²) in [6.07, 6.45) is 3.57. The van der Waals surface area contributed by atoms with Crippen LogP contribution < -0.4 is 4.90 Å². The van der Waals surface area contributed by atoms with Crippen LogP contribution in [0.25, 0.3) is 0 Å². The fraction of sp³-hybridized carbons (Fsp3) is 0.250. The third-order valence-electron chi connectivity index (χ3n) is 1.18. The minimum Gasteiger partial charge on any atom is -0.378 e. The van der Waals surface area contributed by atoms with Gasteiger partial charge in [-0.3, -0.25) is 4.98 Å². The van der Waals surface area contributed by atoms with Gasteiger partial charge in [-0.05, 0) is 12.1 Å². The summed E-state index contributed by atoms with van der Waals surface area (Å²) in [6.45, 7) is 0. The molecule has 1 aromatic rings. The highest BCUT2D eigenvalue weighted by atomic mass is 15.1. The van der Waals surface area contributed by atoms with E-state index < -0.39 is 0 Å². The first kappa shape index (κ1) is 10.3. The molecule has 12 heavy (non-hydrogen) atoms. The summed E-state index contributed by atoms with van der Waals surface area (Å²) in [5.41, 5.74) is 1.19. The molecule has 1 rings (SSSR count). The molecule has 64 valence electrons. The van der Waals surface area contributed by atoms with E-state index in [-0.39, 0.29) is 0 Å². The van der Waals surface area contributed by atoms with Gasteiger partial charge >= 0.3 is 0 Å². The van der Waals surface area contributed by atoms with Gasteiger partial charge in [0.15, 0.2) is 0 Å². The van der Waals surface area contributed by atoms with E-state index in [1.165, 1.54) is 11.7 Å². The van der Waals surface area contributed by atoms with Crippen LogP contribution in [0.5, 0.6) is 0 Å². The van der Waals surface area contributed by atoms with E-state index in [0.717, 1.165) is 0 Å². The summed E-state index contributed by atoms with van der Waals surface area (Å²) in [7, 11) is 4.02. The molecular weight excluding hydrogens is 152 g/mol. The Kier molecular flexibility index (Phi) is 5.22. The van der Waals surface area contributed by atoms with Crippen molar-refractivity contribution < 1.29 is 0 Å². The lowest BCUT2D eigenvalue weighted by molar-refractivity contribution is 1.12. The van der Waals surface area contributed by atoms with Crippen LogP contribution >= 0.6 is 0 Å². The van der Waals surface area contributed by atoms with E-state index in [2.05, 4.69) is 4.98 Å². The zero-order valence-electron chi connectivity index (χ0n) is 7.20. The number of nitrogens with one attached hydrogen (secondary N) is 2. The van der Waals surface area contributed by atoms with Crippen LogP contribution in [-0.4, -0.2) is 25.1 Å². The molecule has 0 bridgehead atoms. The molecule has 0 saturated carbocycles. The molecule has 0 unspecified atom stereocenters. The van der Waals surface area contributed by atoms with Gasteiger partial charge in [-0.15, -0.1) is 0 Å². The van der Waals surface area contributed by atoms with Crippen LogP contribution in [0.2, 0.25) is 0 Å². The Bertz CT molecular complexity index is 236. The summed E-state index contributed by atoms with van der Waals surface area (Å²) in [5, 5.41) is 11.2. The van der Waals surface area contributed by atoms with Crippen molar-refractivity contribution in [2.24, 2.45) is 0 Å². The molecule has 0 saturated heterocycles. The molecule has 2 N–H and O–H groups in total. The molecule has 0 aliphatic rings. The first-order chi connectivity index (χ1) is 5.72. The van der Waals surface area contributed by atoms with E-state index in [9.17, 15) is 0 Å². The number of nitrogens with zero attached hydrogens (tertiary/aromatic N) is 2. The van der Waals surface area contributed by atoms with Crippen molar-refractivity contribution in [3.8, 4) is 0 Å². The summed E-state index contributed by atoms with van der Waals surface area (Å²) in [4.78, 5) is 5.94. The van der Waals surface area contributed by atoms with Crippen LogP contribution in [0, 0.1) is 10.8 Å². The molecular formula is C8H12N4. The lowest BCUT2D eigenvalue weighted by Gasteiger charge is -2.10. The maximum atomic E-state index is 5.62. The molecule has 0 fully saturated rings. The Morgan fingerprint density at radius 1 is 1.25 bits per heavy atom. The van der Waals surface area contributed by atoms with Crippen molar-refractivity contribution in [2.75, 3.05) is 19.0 Å². The number of anilines is 1. The van der Waals surface area contributed by atoms with E-state index in [0.29, 0.717) is 0 Å². The van der Waals surface area contributed by atoms with Gasteiger partial charge in [-0.25, -0.2) is 10.8 Å². The highest BCUT2D eigenvalue weighted by Crippen LogP contribution is 2.05. The fourth-order valence-electron chi connectivity index (χ4n) is 0.642. The molecule has 0 atom stereocenters. The van der Waals surface area contributed by atoms with E-state index in [4.69, 9.17) is 10.8 Å². The second-order valence-electron chi connectivity index (χ2n) is 2.22. The smallest absolute Gasteiger partial charge is 0.0831 e. The third-order valence-corrected chi connectivity index (χ3v) is 1.18. The van der Waals surface area contributed by atoms with Gasteiger partial charge in [0.25, 0.3) is 0 Å². The summed E-state index contributed by atoms with van der Waals surface area (Å²) in [5.74, 6) is 0. The van der Waals surface area contributed by atoms with Gasteiger partial charge in [0.2, 0.25) is 0 Å². The Morgan fingerprint density at radius 2 is 1.67 bits per heavy atom. The molecule has 0 aromatic carbocycles. The highest BCUT2D eigenvalue weighted by molar-refractivity contribution is 5.42. The first-order valence-corrected chi connectivity index (χ1v) is 3.38. The maximum Gasteiger partial charge on any atom is 0.0831 e. The van der Waals surface area contributed by atoms with Crippen molar-refractivity contribution in [3.05, 3.63) is 24.5 Å². The van der Waals surface area contributed by atoms with Gasteiger partial charge in [0.1, 0.15) is 0 Å². The largest absolute Gasteiger partial charge is 0.378 e. The van der Waals surface area contributed by atoms with E-state index >= 15 is 0 Å². The maximum absolute atomic E-state index is 5.62. The quantitative estimate of drug-likeness (QED) is 0.617. The molecule has 0 amide bonds. The van der Waals surface area contributed by atoms with Crippen LogP contribution in [0.1, 0.15) is 0 Å². The summed E-state index contributed by atoms with van der Waals surface area (Å²) < 4.78 is 0. The second-order valence-corrected chi connectivity index (χ2v) is 2.22. The standard InChI is InChI=1S/C7H10N2.CH2N2/c1-9(2)7-3-5-8-6-4-7;2-1-3/h3-6H,1-2H3;2-3H. The second kappa shape index (κ2) is 6.07. The summed E-state index contributed by atoms with van der Waals surface area (Å²) in [6, 6.07) is 5.19. The van der Waals surface area contributed by atoms with Gasteiger partial charge in [0, 0.05) is 32.2 Å². The average molecular weight is 164 g/mol. The molecule has 4 heteroatoms. The number of rotatable bonds is 1. The zero-order chi connectivity index (χ0) is 9.40. The lowest BCUT2D eigenvalue weighted by Crippen LogP contribution is -2.07. The van der Waals surface area contributed by atoms with Crippen molar-refractivity contribution in [1.29, 1.82) is 10.8 Å². The average Bonchev–Trinajstić information content (AvgIpc) is 2.07. The molecule has 1 aromatic heterocycles. The number of aromatic nitrogens is 1. The minimum atomic E-state index is 1.19. The molecule has 0 aliphatic heterocycles. The van der Waals surface area contributed by atoms with Gasteiger partial charge in [0.05, 0.1) is 6.01 Å². The monoisotopic (exact) mass is 164 g/mol. The fourth-order valence-corrected chi connectivity index (χ4v) is 0.642. The first-order valence-electron chi connectivity index (χ1n) is 3.38. The Hall–Kier alpha value is -1.67. The Labute approximate surface area is 71.9 Å². The molecule has 1 heterocycles. The van der Waals surface area contributed by atoms with Crippen molar-refractivity contribution in [1.82, 2.24) is 4.98 Å². The van der Waals surface area contributed by atoms with E-state index in [1.54, 1.807) is 12.4 Å². The van der Waals surface area contributed by atoms with Gasteiger partial charge < -0.3 is 4.90 Å². The highest BCUT2D eigenvalue weighted by Gasteiger charge is 1.88.